The van der Waals surface area contributed by atoms with Gasteiger partial charge >= 0.3 is 0 Å². The highest BCUT2D eigenvalue weighted by molar-refractivity contribution is 4.94. The number of unbranched alkanes of at least 4 members (excludes halogenated alkanes) is 19. The van der Waals surface area contributed by atoms with Gasteiger partial charge in [-0.05, 0) is 30.6 Å². The Hall–Kier alpha value is -0.0800. The molecule has 2 heteroatoms. The van der Waals surface area contributed by atoms with Crippen LogP contribution in [-0.4, -0.2) is 23.9 Å². The lowest BCUT2D eigenvalue weighted by molar-refractivity contribution is -0.138. The molecule has 1 unspecified atom stereocenters. The Kier molecular flexibility index (Phi) is 25.8. The molecule has 1 atom stereocenters. The molecule has 0 aliphatic carbocycles. The summed E-state index contributed by atoms with van der Waals surface area (Å²) in [5.74, 6) is 0.557. The molecule has 0 rings (SSSR count). The minimum absolute atomic E-state index is 0.0746. The van der Waals surface area contributed by atoms with Gasteiger partial charge in [0, 0.05) is 0 Å². The highest BCUT2D eigenvalue weighted by Crippen LogP contribution is 2.46. The van der Waals surface area contributed by atoms with Crippen LogP contribution in [0.15, 0.2) is 0 Å². The maximum atomic E-state index is 9.81. The molecule has 0 amide bonds. The van der Waals surface area contributed by atoms with Crippen molar-refractivity contribution in [3.05, 3.63) is 0 Å². The lowest BCUT2D eigenvalue weighted by atomic mass is 9.64. The summed E-state index contributed by atoms with van der Waals surface area (Å²) in [5, 5.41) is 9.81. The van der Waals surface area contributed by atoms with Crippen LogP contribution in [0.25, 0.3) is 0 Å². The fourth-order valence-electron chi connectivity index (χ4n) is 6.70. The van der Waals surface area contributed by atoms with E-state index < -0.39 is 0 Å². The summed E-state index contributed by atoms with van der Waals surface area (Å²) in [5.41, 5.74) is 0.147. The van der Waals surface area contributed by atoms with Gasteiger partial charge in [-0.25, -0.2) is 0 Å². The van der Waals surface area contributed by atoms with Crippen molar-refractivity contribution < 1.29 is 9.84 Å². The summed E-state index contributed by atoms with van der Waals surface area (Å²) in [6.07, 6.45) is 33.6. The van der Waals surface area contributed by atoms with Gasteiger partial charge in [0.05, 0.1) is 18.8 Å². The van der Waals surface area contributed by atoms with Gasteiger partial charge in [-0.1, -0.05) is 183 Å². The van der Waals surface area contributed by atoms with Crippen LogP contribution < -0.4 is 0 Å². The molecule has 0 heterocycles. The molecule has 0 aromatic carbocycles. The molecule has 0 aliphatic rings. The Morgan fingerprint density at radius 3 is 1.18 bits per heavy atom. The van der Waals surface area contributed by atoms with E-state index in [0.717, 1.165) is 0 Å². The number of rotatable bonds is 29. The highest BCUT2D eigenvalue weighted by atomic mass is 16.5. The number of hydrogen-bond donors (Lipinski definition) is 1. The Labute approximate surface area is 241 Å². The SMILES string of the molecule is CCCCCCCCCCC(CCCCCCCCCC)(OCCO)C(CCCCCCCC)C(C)(C)C. The predicted molar refractivity (Wildman–Crippen MR) is 171 cm³/mol. The normalized spacial score (nSPS) is 13.3. The van der Waals surface area contributed by atoms with Gasteiger partial charge in [0.1, 0.15) is 0 Å². The van der Waals surface area contributed by atoms with E-state index >= 15 is 0 Å². The zero-order valence-corrected chi connectivity index (χ0v) is 27.5. The summed E-state index contributed by atoms with van der Waals surface area (Å²) >= 11 is 0. The Morgan fingerprint density at radius 1 is 0.500 bits per heavy atom. The van der Waals surface area contributed by atoms with E-state index in [1.807, 2.05) is 0 Å². The van der Waals surface area contributed by atoms with Crippen LogP contribution in [0.1, 0.15) is 202 Å². The van der Waals surface area contributed by atoms with Crippen molar-refractivity contribution in [2.45, 2.75) is 208 Å². The van der Waals surface area contributed by atoms with Gasteiger partial charge in [0.15, 0.2) is 0 Å². The van der Waals surface area contributed by atoms with E-state index in [1.54, 1.807) is 0 Å². The smallest absolute Gasteiger partial charge is 0.0716 e. The largest absolute Gasteiger partial charge is 0.394 e. The number of hydrogen-bond acceptors (Lipinski definition) is 2. The first-order valence-corrected chi connectivity index (χ1v) is 17.6. The van der Waals surface area contributed by atoms with Crippen molar-refractivity contribution in [2.24, 2.45) is 11.3 Å². The van der Waals surface area contributed by atoms with Crippen LogP contribution in [0.5, 0.6) is 0 Å². The molecule has 230 valence electrons. The van der Waals surface area contributed by atoms with Gasteiger partial charge < -0.3 is 9.84 Å². The first-order valence-electron chi connectivity index (χ1n) is 17.6. The maximum Gasteiger partial charge on any atom is 0.0716 e. The second kappa shape index (κ2) is 25.9. The van der Waals surface area contributed by atoms with Crippen LogP contribution in [0.3, 0.4) is 0 Å². The quantitative estimate of drug-likeness (QED) is 0.0959. The highest BCUT2D eigenvalue weighted by Gasteiger charge is 2.44. The van der Waals surface area contributed by atoms with Crippen molar-refractivity contribution in [3.63, 3.8) is 0 Å². The van der Waals surface area contributed by atoms with E-state index in [2.05, 4.69) is 41.5 Å². The average Bonchev–Trinajstić information content (AvgIpc) is 2.89. The van der Waals surface area contributed by atoms with Crippen molar-refractivity contribution in [3.8, 4) is 0 Å². The third kappa shape index (κ3) is 19.9. The van der Waals surface area contributed by atoms with Crippen LogP contribution in [0.2, 0.25) is 0 Å². The van der Waals surface area contributed by atoms with Crippen LogP contribution >= 0.6 is 0 Å². The topological polar surface area (TPSA) is 29.5 Å². The number of aliphatic hydroxyl groups is 1. The second-order valence-corrected chi connectivity index (χ2v) is 13.6. The van der Waals surface area contributed by atoms with Crippen molar-refractivity contribution in [2.75, 3.05) is 13.2 Å². The molecule has 0 fully saturated rings. The van der Waals surface area contributed by atoms with Crippen molar-refractivity contribution in [1.82, 2.24) is 0 Å². The molecule has 38 heavy (non-hydrogen) atoms. The maximum absolute atomic E-state index is 9.81. The zero-order chi connectivity index (χ0) is 28.4. The summed E-state index contributed by atoms with van der Waals surface area (Å²) < 4.78 is 6.83. The minimum atomic E-state index is -0.0746. The van der Waals surface area contributed by atoms with Crippen LogP contribution in [-0.2, 0) is 4.74 Å². The predicted octanol–water partition coefficient (Wildman–Crippen LogP) is 12.2. The third-order valence-electron chi connectivity index (χ3n) is 8.91. The van der Waals surface area contributed by atoms with E-state index in [9.17, 15) is 5.11 Å². The fraction of sp³-hybridized carbons (Fsp3) is 1.00. The molecule has 0 saturated carbocycles. The first kappa shape index (κ1) is 37.9. The first-order chi connectivity index (χ1) is 18.4. The summed E-state index contributed by atoms with van der Waals surface area (Å²) in [6, 6.07) is 0. The zero-order valence-electron chi connectivity index (χ0n) is 27.5. The van der Waals surface area contributed by atoms with Gasteiger partial charge in [0.2, 0.25) is 0 Å². The van der Waals surface area contributed by atoms with Gasteiger partial charge in [0.25, 0.3) is 0 Å². The molecular formula is C36H74O2. The van der Waals surface area contributed by atoms with Crippen molar-refractivity contribution >= 4 is 0 Å². The third-order valence-corrected chi connectivity index (χ3v) is 8.91. The molecular weight excluding hydrogens is 464 g/mol. The Morgan fingerprint density at radius 2 is 0.842 bits per heavy atom. The average molecular weight is 539 g/mol. The lowest BCUT2D eigenvalue weighted by Crippen LogP contribution is -2.47. The van der Waals surface area contributed by atoms with Crippen molar-refractivity contribution in [1.29, 1.82) is 0 Å². The fourth-order valence-corrected chi connectivity index (χ4v) is 6.70. The molecule has 0 aromatic rings. The molecule has 1 N–H and O–H groups in total. The standard InChI is InChI=1S/C36H74O2/c1-7-10-13-16-19-21-24-27-30-36(38-33-32-37,31-28-25-22-20-17-14-11-8-2)34(35(4,5)6)29-26-23-18-15-12-9-3/h34,37H,7-33H2,1-6H3. The monoisotopic (exact) mass is 539 g/mol. The molecule has 0 aliphatic heterocycles. The van der Waals surface area contributed by atoms with Crippen LogP contribution in [0, 0.1) is 11.3 Å². The second-order valence-electron chi connectivity index (χ2n) is 13.6. The molecule has 2 nitrogen and oxygen atoms in total. The van der Waals surface area contributed by atoms with Gasteiger partial charge in [-0.15, -0.1) is 0 Å². The Bertz CT molecular complexity index is 446. The molecule has 0 spiro atoms. The molecule has 0 bridgehead atoms. The molecule has 0 aromatic heterocycles. The Balaban J connectivity index is 5.26. The summed E-state index contributed by atoms with van der Waals surface area (Å²) in [7, 11) is 0. The number of ether oxygens (including phenoxy) is 1. The minimum Gasteiger partial charge on any atom is -0.394 e. The van der Waals surface area contributed by atoms with E-state index in [-0.39, 0.29) is 17.6 Å². The van der Waals surface area contributed by atoms with Gasteiger partial charge in [-0.3, -0.25) is 0 Å². The lowest BCUT2D eigenvalue weighted by Gasteiger charge is -2.48. The van der Waals surface area contributed by atoms with Crippen LogP contribution in [0.4, 0.5) is 0 Å². The summed E-state index contributed by atoms with van der Waals surface area (Å²) in [4.78, 5) is 0. The van der Waals surface area contributed by atoms with E-state index in [1.165, 1.54) is 161 Å². The van der Waals surface area contributed by atoms with E-state index in [4.69, 9.17) is 4.74 Å². The molecule has 0 radical (unpaired) electrons. The number of aliphatic hydroxyl groups excluding tert-OH is 1. The van der Waals surface area contributed by atoms with E-state index in [0.29, 0.717) is 12.5 Å². The summed E-state index contributed by atoms with van der Waals surface area (Å²) in [6.45, 7) is 14.9. The van der Waals surface area contributed by atoms with Gasteiger partial charge in [-0.2, -0.15) is 0 Å². The molecule has 0 saturated heterocycles.